The summed E-state index contributed by atoms with van der Waals surface area (Å²) in [6.45, 7) is 11.1. The molecule has 7 nitrogen and oxygen atoms in total. The van der Waals surface area contributed by atoms with E-state index in [1.54, 1.807) is 17.0 Å². The molecule has 3 unspecified atom stereocenters. The number of carbonyl (C=O) groups is 1. The summed E-state index contributed by atoms with van der Waals surface area (Å²) in [5, 5.41) is 0.687. The summed E-state index contributed by atoms with van der Waals surface area (Å²) < 4.78 is 35.2. The van der Waals surface area contributed by atoms with Gasteiger partial charge in [-0.15, -0.1) is 0 Å². The van der Waals surface area contributed by atoms with Crippen molar-refractivity contribution in [2.75, 3.05) is 26.0 Å². The number of sulfone groups is 1. The van der Waals surface area contributed by atoms with E-state index in [1.807, 2.05) is 39.0 Å². The zero-order valence-corrected chi connectivity index (χ0v) is 22.8. The first-order valence-corrected chi connectivity index (χ1v) is 14.0. The second kappa shape index (κ2) is 10.8. The van der Waals surface area contributed by atoms with Gasteiger partial charge >= 0.3 is 6.09 Å². The van der Waals surface area contributed by atoms with E-state index in [2.05, 4.69) is 24.8 Å². The Balaban J connectivity index is 1.81. The van der Waals surface area contributed by atoms with Crippen molar-refractivity contribution >= 4 is 27.5 Å². The van der Waals surface area contributed by atoms with E-state index >= 15 is 0 Å². The van der Waals surface area contributed by atoms with Crippen molar-refractivity contribution in [2.24, 2.45) is 0 Å². The van der Waals surface area contributed by atoms with Gasteiger partial charge in [-0.3, -0.25) is 9.80 Å². The van der Waals surface area contributed by atoms with E-state index in [0.717, 1.165) is 5.56 Å². The van der Waals surface area contributed by atoms with Crippen LogP contribution in [-0.4, -0.2) is 67.9 Å². The quantitative estimate of drug-likeness (QED) is 0.519. The molecule has 0 aliphatic carbocycles. The number of carbonyl (C=O) groups excluding carboxylic acids is 1. The van der Waals surface area contributed by atoms with Crippen molar-refractivity contribution in [1.82, 2.24) is 9.80 Å². The fourth-order valence-corrected chi connectivity index (χ4v) is 5.05. The van der Waals surface area contributed by atoms with Gasteiger partial charge in [0.25, 0.3) is 0 Å². The maximum atomic E-state index is 13.1. The monoisotopic (exact) mass is 522 g/mol. The van der Waals surface area contributed by atoms with Crippen molar-refractivity contribution in [1.29, 1.82) is 0 Å². The summed E-state index contributed by atoms with van der Waals surface area (Å²) in [5.74, 6) is 0.537. The van der Waals surface area contributed by atoms with Crippen LogP contribution < -0.4 is 4.74 Å². The van der Waals surface area contributed by atoms with Crippen LogP contribution in [0.15, 0.2) is 53.4 Å². The molecule has 1 fully saturated rings. The molecule has 2 aromatic rings. The lowest BCUT2D eigenvalue weighted by Crippen LogP contribution is -2.61. The number of hydrogen-bond acceptors (Lipinski definition) is 6. The summed E-state index contributed by atoms with van der Waals surface area (Å²) >= 11 is 6.23. The van der Waals surface area contributed by atoms with Gasteiger partial charge in [0.1, 0.15) is 18.0 Å². The molecule has 0 bridgehead atoms. The van der Waals surface area contributed by atoms with Crippen molar-refractivity contribution < 1.29 is 22.7 Å². The Morgan fingerprint density at radius 1 is 1.14 bits per heavy atom. The average Bonchev–Trinajstić information content (AvgIpc) is 2.76. The highest BCUT2D eigenvalue weighted by atomic mass is 35.5. The molecule has 0 saturated carbocycles. The lowest BCUT2D eigenvalue weighted by Gasteiger charge is -2.47. The van der Waals surface area contributed by atoms with Crippen molar-refractivity contribution in [3.8, 4) is 5.75 Å². The number of nitrogens with zero attached hydrogens (tertiary/aromatic N) is 2. The van der Waals surface area contributed by atoms with Crippen molar-refractivity contribution in [3.05, 3.63) is 59.1 Å². The molecule has 3 atom stereocenters. The molecular weight excluding hydrogens is 488 g/mol. The fourth-order valence-electron chi connectivity index (χ4n) is 4.22. The Hall–Kier alpha value is -2.29. The minimum absolute atomic E-state index is 0.0843. The molecule has 0 radical (unpaired) electrons. The molecule has 1 heterocycles. The maximum absolute atomic E-state index is 13.1. The van der Waals surface area contributed by atoms with Crippen LogP contribution in [0.2, 0.25) is 5.02 Å². The molecule has 0 aromatic heterocycles. The van der Waals surface area contributed by atoms with Gasteiger partial charge in [0.05, 0.1) is 10.9 Å². The number of hydrogen-bond donors (Lipinski definition) is 0. The largest absolute Gasteiger partial charge is 0.491 e. The molecule has 9 heteroatoms. The van der Waals surface area contributed by atoms with Crippen LogP contribution in [0.4, 0.5) is 4.79 Å². The molecule has 1 saturated heterocycles. The Morgan fingerprint density at radius 3 is 2.37 bits per heavy atom. The topological polar surface area (TPSA) is 76.1 Å². The zero-order chi connectivity index (χ0) is 26.0. The average molecular weight is 523 g/mol. The first-order chi connectivity index (χ1) is 16.2. The van der Waals surface area contributed by atoms with Crippen molar-refractivity contribution in [3.63, 3.8) is 0 Å². The molecule has 35 heavy (non-hydrogen) atoms. The predicted octanol–water partition coefficient (Wildman–Crippen LogP) is 5.19. The zero-order valence-electron chi connectivity index (χ0n) is 21.2. The first-order valence-electron chi connectivity index (χ1n) is 11.7. The molecular formula is C26H35ClN2O5S. The van der Waals surface area contributed by atoms with E-state index in [9.17, 15) is 13.2 Å². The van der Waals surface area contributed by atoms with Crippen LogP contribution in [0, 0.1) is 0 Å². The molecule has 3 rings (SSSR count). The van der Waals surface area contributed by atoms with Gasteiger partial charge in [-0.2, -0.15) is 0 Å². The highest BCUT2D eigenvalue weighted by molar-refractivity contribution is 7.90. The number of halogens is 1. The lowest BCUT2D eigenvalue weighted by molar-refractivity contribution is -0.0309. The maximum Gasteiger partial charge on any atom is 0.410 e. The lowest BCUT2D eigenvalue weighted by atomic mass is 10.0. The summed E-state index contributed by atoms with van der Waals surface area (Å²) in [4.78, 5) is 17.4. The van der Waals surface area contributed by atoms with Crippen LogP contribution in [0.25, 0.3) is 0 Å². The van der Waals surface area contributed by atoms with Gasteiger partial charge in [-0.05, 0) is 76.6 Å². The minimum atomic E-state index is -3.29. The predicted molar refractivity (Wildman–Crippen MR) is 138 cm³/mol. The van der Waals surface area contributed by atoms with E-state index < -0.39 is 15.4 Å². The fraction of sp³-hybridized carbons (Fsp3) is 0.500. The smallest absolute Gasteiger partial charge is 0.410 e. The van der Waals surface area contributed by atoms with Crippen LogP contribution in [0.5, 0.6) is 5.75 Å². The Bertz CT molecular complexity index is 1130. The van der Waals surface area contributed by atoms with Crippen LogP contribution in [-0.2, 0) is 14.6 Å². The molecule has 1 aliphatic heterocycles. The van der Waals surface area contributed by atoms with Crippen molar-refractivity contribution in [2.45, 2.75) is 63.2 Å². The third kappa shape index (κ3) is 7.35. The summed E-state index contributed by atoms with van der Waals surface area (Å²) in [6.07, 6.45) is 0.793. The molecule has 0 N–H and O–H groups in total. The van der Waals surface area contributed by atoms with Crippen LogP contribution in [0.3, 0.4) is 0 Å². The SMILES string of the molecule is CC1CN(C(=O)OC(C)(C)C)C(COc2ccc(S(C)(=O)=O)cc2)CN1C(C)c1cccc(Cl)c1. The third-order valence-electron chi connectivity index (χ3n) is 6.04. The highest BCUT2D eigenvalue weighted by Gasteiger charge is 2.39. The number of benzene rings is 2. The van der Waals surface area contributed by atoms with Gasteiger partial charge in [-0.25, -0.2) is 13.2 Å². The second-order valence-electron chi connectivity index (χ2n) is 10.1. The van der Waals surface area contributed by atoms with Gasteiger partial charge < -0.3 is 9.47 Å². The van der Waals surface area contributed by atoms with Gasteiger partial charge in [0, 0.05) is 36.5 Å². The summed E-state index contributed by atoms with van der Waals surface area (Å²) in [6, 6.07) is 14.0. The molecule has 0 spiro atoms. The molecule has 1 aliphatic rings. The second-order valence-corrected chi connectivity index (χ2v) is 12.6. The van der Waals surface area contributed by atoms with E-state index in [1.165, 1.54) is 18.4 Å². The molecule has 1 amide bonds. The van der Waals surface area contributed by atoms with Gasteiger partial charge in [0.2, 0.25) is 0 Å². The highest BCUT2D eigenvalue weighted by Crippen LogP contribution is 2.30. The third-order valence-corrected chi connectivity index (χ3v) is 7.40. The van der Waals surface area contributed by atoms with Gasteiger partial charge in [-0.1, -0.05) is 23.7 Å². The van der Waals surface area contributed by atoms with E-state index in [4.69, 9.17) is 21.1 Å². The Morgan fingerprint density at radius 2 is 1.80 bits per heavy atom. The Labute approximate surface area is 213 Å². The van der Waals surface area contributed by atoms with Crippen LogP contribution >= 0.6 is 11.6 Å². The van der Waals surface area contributed by atoms with Gasteiger partial charge in [0.15, 0.2) is 9.84 Å². The summed E-state index contributed by atoms with van der Waals surface area (Å²) in [7, 11) is -3.29. The Kier molecular flexibility index (Phi) is 8.40. The van der Waals surface area contributed by atoms with E-state index in [-0.39, 0.29) is 35.7 Å². The first kappa shape index (κ1) is 27.3. The minimum Gasteiger partial charge on any atom is -0.491 e. The molecule has 192 valence electrons. The number of piperazine rings is 1. The number of ether oxygens (including phenoxy) is 2. The number of rotatable bonds is 6. The number of amides is 1. The van der Waals surface area contributed by atoms with Crippen LogP contribution in [0.1, 0.15) is 46.2 Å². The summed E-state index contributed by atoms with van der Waals surface area (Å²) in [5.41, 5.74) is 0.490. The molecule has 2 aromatic carbocycles. The van der Waals surface area contributed by atoms with E-state index in [0.29, 0.717) is 23.9 Å². The normalized spacial score (nSPS) is 20.4. The standard InChI is InChI=1S/C26H35ClN2O5S/c1-18-15-29(25(30)34-26(3,4)5)22(16-28(18)19(2)20-8-7-9-21(27)14-20)17-33-23-10-12-24(13-11-23)35(6,31)32/h7-14,18-19,22H,15-17H2,1-6H3.